The molecule has 0 aromatic rings. The Morgan fingerprint density at radius 3 is 2.02 bits per heavy atom. The zero-order valence-corrected chi connectivity index (χ0v) is 28.5. The quantitative estimate of drug-likeness (QED) is 0.0957. The first-order valence-electron chi connectivity index (χ1n) is 17.9. The predicted octanol–water partition coefficient (Wildman–Crippen LogP) is 10.1. The number of ether oxygens (including phenoxy) is 4. The van der Waals surface area contributed by atoms with Gasteiger partial charge in [-0.1, -0.05) is 100 Å². The van der Waals surface area contributed by atoms with Crippen molar-refractivity contribution in [1.29, 1.82) is 0 Å². The Kier molecular flexibility index (Phi) is 12.0. The molecule has 4 aliphatic carbocycles. The molecule has 1 heterocycles. The van der Waals surface area contributed by atoms with Crippen molar-refractivity contribution in [2.75, 3.05) is 32.4 Å². The van der Waals surface area contributed by atoms with E-state index in [9.17, 15) is 0 Å². The minimum Gasteiger partial charge on any atom is -0.359 e. The van der Waals surface area contributed by atoms with Gasteiger partial charge >= 0.3 is 0 Å². The van der Waals surface area contributed by atoms with Gasteiger partial charge in [0.25, 0.3) is 0 Å². The van der Waals surface area contributed by atoms with Crippen LogP contribution in [0.3, 0.4) is 0 Å². The summed E-state index contributed by atoms with van der Waals surface area (Å²) in [5, 5.41) is 1.17. The van der Waals surface area contributed by atoms with Gasteiger partial charge in [-0.05, 0) is 85.4 Å². The molecule has 238 valence electrons. The normalized spacial score (nSPS) is 39.5. The lowest BCUT2D eigenvalue weighted by Gasteiger charge is -2.64. The van der Waals surface area contributed by atoms with Gasteiger partial charge in [0.1, 0.15) is 6.79 Å². The highest BCUT2D eigenvalue weighted by molar-refractivity contribution is 9.09. The second-order valence-corrected chi connectivity index (χ2v) is 16.1. The van der Waals surface area contributed by atoms with Gasteiger partial charge in [-0.2, -0.15) is 0 Å². The van der Waals surface area contributed by atoms with Crippen LogP contribution in [0.2, 0.25) is 0 Å². The van der Waals surface area contributed by atoms with Crippen LogP contribution in [-0.2, 0) is 18.9 Å². The van der Waals surface area contributed by atoms with Gasteiger partial charge in [0.05, 0.1) is 19.3 Å². The largest absolute Gasteiger partial charge is 0.359 e. The second-order valence-electron chi connectivity index (χ2n) is 15.4. The average Bonchev–Trinajstić information content (AvgIpc) is 3.57. The number of hydrogen-bond donors (Lipinski definition) is 0. The Balaban J connectivity index is 1.18. The molecule has 0 unspecified atom stereocenters. The molecule has 5 aliphatic rings. The van der Waals surface area contributed by atoms with E-state index in [0.29, 0.717) is 23.7 Å². The maximum Gasteiger partial charge on any atom is 0.168 e. The van der Waals surface area contributed by atoms with Gasteiger partial charge in [-0.25, -0.2) is 0 Å². The zero-order chi connectivity index (χ0) is 28.8. The van der Waals surface area contributed by atoms with Crippen LogP contribution in [0.25, 0.3) is 0 Å². The van der Waals surface area contributed by atoms with Crippen LogP contribution in [0.4, 0.5) is 0 Å². The summed E-state index contributed by atoms with van der Waals surface area (Å²) in [6, 6.07) is 0. The molecule has 4 saturated carbocycles. The van der Waals surface area contributed by atoms with Crippen molar-refractivity contribution in [3.63, 3.8) is 0 Å². The summed E-state index contributed by atoms with van der Waals surface area (Å²) in [6.45, 7) is 7.30. The molecule has 5 heteroatoms. The Hall–Kier alpha value is 0.320. The third kappa shape index (κ3) is 7.26. The van der Waals surface area contributed by atoms with Gasteiger partial charge in [-0.3, -0.25) is 0 Å². The molecule has 5 fully saturated rings. The Morgan fingerprint density at radius 1 is 0.732 bits per heavy atom. The van der Waals surface area contributed by atoms with Crippen LogP contribution < -0.4 is 0 Å². The zero-order valence-electron chi connectivity index (χ0n) is 26.9. The Labute approximate surface area is 261 Å². The van der Waals surface area contributed by atoms with Crippen molar-refractivity contribution in [2.45, 2.75) is 154 Å². The summed E-state index contributed by atoms with van der Waals surface area (Å²) < 4.78 is 24.3. The monoisotopic (exact) mass is 638 g/mol. The SMILES string of the molecule is COCO[C@H]1CC[C@H]2[C@@H]3[C@H](CCCCCCCCCCCCCBr)C[C@H]4CC5(CC[C@]4(C)[C@H]3CC[C@]12C)OCCO5. The number of unbranched alkanes of at least 4 members (excludes halogenated alkanes) is 10. The molecular weight excluding hydrogens is 576 g/mol. The fourth-order valence-corrected chi connectivity index (χ4v) is 11.3. The number of fused-ring (bicyclic) bond motifs is 5. The molecule has 0 amide bonds. The molecule has 0 bridgehead atoms. The van der Waals surface area contributed by atoms with Crippen LogP contribution in [0, 0.1) is 40.4 Å². The molecule has 0 radical (unpaired) electrons. The van der Waals surface area contributed by atoms with E-state index in [2.05, 4.69) is 29.8 Å². The first kappa shape index (κ1) is 32.7. The summed E-state index contributed by atoms with van der Waals surface area (Å²) in [5.41, 5.74) is 0.769. The smallest absolute Gasteiger partial charge is 0.168 e. The van der Waals surface area contributed by atoms with E-state index >= 15 is 0 Å². The predicted molar refractivity (Wildman–Crippen MR) is 171 cm³/mol. The molecule has 4 nitrogen and oxygen atoms in total. The number of methoxy groups -OCH3 is 1. The van der Waals surface area contributed by atoms with Crippen molar-refractivity contribution < 1.29 is 18.9 Å². The first-order valence-corrected chi connectivity index (χ1v) is 19.0. The molecule has 41 heavy (non-hydrogen) atoms. The standard InChI is InChI=1S/C36H63BrO4/c1-34-20-21-36(40-23-24-41-36)26-29(34)25-28(15-13-11-9-7-5-4-6-8-10-12-14-22-37)33-30-16-17-32(39-27-38-3)35(30,2)19-18-31(33)34/h28-33H,4-27H2,1-3H3/t28-,29+,30+,31+,32+,33+,34+,35+/m1/s1. The minimum absolute atomic E-state index is 0.259. The number of alkyl halides is 1. The molecule has 0 aromatic heterocycles. The third-order valence-corrected chi connectivity index (χ3v) is 13.7. The highest BCUT2D eigenvalue weighted by Crippen LogP contribution is 2.69. The average molecular weight is 640 g/mol. The van der Waals surface area contributed by atoms with Gasteiger partial charge in [0.2, 0.25) is 0 Å². The van der Waals surface area contributed by atoms with Crippen LogP contribution in [0.1, 0.15) is 142 Å². The first-order chi connectivity index (χ1) is 20.0. The van der Waals surface area contributed by atoms with Crippen molar-refractivity contribution in [3.05, 3.63) is 0 Å². The highest BCUT2D eigenvalue weighted by Gasteiger charge is 2.64. The topological polar surface area (TPSA) is 36.9 Å². The molecular formula is C36H63BrO4. The van der Waals surface area contributed by atoms with Crippen molar-refractivity contribution >= 4 is 15.9 Å². The molecule has 0 N–H and O–H groups in total. The van der Waals surface area contributed by atoms with E-state index in [1.165, 1.54) is 121 Å². The molecule has 8 atom stereocenters. The van der Waals surface area contributed by atoms with Gasteiger partial charge in [-0.15, -0.1) is 0 Å². The number of hydrogen-bond acceptors (Lipinski definition) is 4. The van der Waals surface area contributed by atoms with Crippen LogP contribution in [0.5, 0.6) is 0 Å². The maximum absolute atomic E-state index is 6.36. The molecule has 1 spiro atoms. The van der Waals surface area contributed by atoms with E-state index in [4.69, 9.17) is 18.9 Å². The van der Waals surface area contributed by atoms with E-state index in [1.807, 2.05) is 0 Å². The number of halogens is 1. The molecule has 1 aliphatic heterocycles. The second kappa shape index (κ2) is 15.1. The van der Waals surface area contributed by atoms with Gasteiger partial charge in [0, 0.05) is 25.3 Å². The maximum atomic E-state index is 6.36. The van der Waals surface area contributed by atoms with Crippen molar-refractivity contribution in [3.8, 4) is 0 Å². The molecule has 0 aromatic carbocycles. The number of rotatable bonds is 16. The third-order valence-electron chi connectivity index (χ3n) is 13.2. The van der Waals surface area contributed by atoms with E-state index in [-0.39, 0.29) is 5.79 Å². The van der Waals surface area contributed by atoms with E-state index in [0.717, 1.165) is 55.6 Å². The summed E-state index contributed by atoms with van der Waals surface area (Å²) in [7, 11) is 1.77. The summed E-state index contributed by atoms with van der Waals surface area (Å²) in [6.07, 6.45) is 27.7. The fraction of sp³-hybridized carbons (Fsp3) is 1.00. The van der Waals surface area contributed by atoms with Crippen LogP contribution >= 0.6 is 15.9 Å². The van der Waals surface area contributed by atoms with Crippen LogP contribution in [0.15, 0.2) is 0 Å². The fourth-order valence-electron chi connectivity index (χ4n) is 10.9. The summed E-state index contributed by atoms with van der Waals surface area (Å²) >= 11 is 3.55. The van der Waals surface area contributed by atoms with Crippen molar-refractivity contribution in [1.82, 2.24) is 0 Å². The van der Waals surface area contributed by atoms with Gasteiger partial charge in [0.15, 0.2) is 5.79 Å². The van der Waals surface area contributed by atoms with E-state index < -0.39 is 0 Å². The summed E-state index contributed by atoms with van der Waals surface area (Å²) in [5.74, 6) is 3.90. The van der Waals surface area contributed by atoms with Gasteiger partial charge < -0.3 is 18.9 Å². The highest BCUT2D eigenvalue weighted by atomic mass is 79.9. The molecule has 5 rings (SSSR count). The van der Waals surface area contributed by atoms with E-state index in [1.54, 1.807) is 7.11 Å². The lowest BCUT2D eigenvalue weighted by atomic mass is 9.42. The lowest BCUT2D eigenvalue weighted by Crippen LogP contribution is -2.59. The van der Waals surface area contributed by atoms with Crippen LogP contribution in [-0.4, -0.2) is 44.3 Å². The minimum atomic E-state index is -0.259. The Morgan fingerprint density at radius 2 is 1.37 bits per heavy atom. The molecule has 1 saturated heterocycles. The van der Waals surface area contributed by atoms with Crippen molar-refractivity contribution in [2.24, 2.45) is 40.4 Å². The lowest BCUT2D eigenvalue weighted by molar-refractivity contribution is -0.239. The summed E-state index contributed by atoms with van der Waals surface area (Å²) in [4.78, 5) is 0. The Bertz CT molecular complexity index is 786.